The third-order valence-corrected chi connectivity index (χ3v) is 4.23. The van der Waals surface area contributed by atoms with Gasteiger partial charge in [-0.1, -0.05) is 18.9 Å². The topological polar surface area (TPSA) is 85.1 Å². The number of nitrogens with one attached hydrogen (secondary N) is 1. The first-order valence-corrected chi connectivity index (χ1v) is 7.25. The molecule has 2 rings (SSSR count). The third-order valence-electron chi connectivity index (χ3n) is 2.85. The molecular formula is C11H17N3O2S. The van der Waals surface area contributed by atoms with Gasteiger partial charge in [-0.3, -0.25) is 0 Å². The van der Waals surface area contributed by atoms with E-state index in [1.807, 2.05) is 0 Å². The van der Waals surface area contributed by atoms with E-state index in [1.54, 1.807) is 6.07 Å². The molecule has 0 saturated heterocycles. The molecule has 1 heterocycles. The number of hydrogen-bond acceptors (Lipinski definition) is 4. The molecule has 0 unspecified atom stereocenters. The second-order valence-electron chi connectivity index (χ2n) is 4.34. The number of nitrogens with two attached hydrogens (primary N) is 1. The van der Waals surface area contributed by atoms with Crippen LogP contribution in [0.25, 0.3) is 0 Å². The van der Waals surface area contributed by atoms with Crippen molar-refractivity contribution in [3.05, 3.63) is 23.9 Å². The highest BCUT2D eigenvalue weighted by atomic mass is 32.2. The molecule has 0 aromatic carbocycles. The van der Waals surface area contributed by atoms with Crippen molar-refractivity contribution >= 4 is 10.0 Å². The molecule has 0 spiro atoms. The van der Waals surface area contributed by atoms with Gasteiger partial charge in [-0.15, -0.1) is 0 Å². The number of sulfonamides is 1. The summed E-state index contributed by atoms with van der Waals surface area (Å²) in [4.78, 5) is 3.90. The molecule has 1 aromatic rings. The Morgan fingerprint density at radius 3 is 2.71 bits per heavy atom. The van der Waals surface area contributed by atoms with Crippen LogP contribution in [0.5, 0.6) is 0 Å². The SMILES string of the molecule is NCc1ccc(S(=O)(=O)NCCC2CC2)nc1. The molecule has 1 saturated carbocycles. The average Bonchev–Trinajstić information content (AvgIpc) is 3.13. The van der Waals surface area contributed by atoms with Gasteiger partial charge in [-0.05, 0) is 24.0 Å². The number of nitrogens with zero attached hydrogens (tertiary/aromatic N) is 1. The Bertz CT molecular complexity index is 466. The van der Waals surface area contributed by atoms with E-state index >= 15 is 0 Å². The fraction of sp³-hybridized carbons (Fsp3) is 0.545. The highest BCUT2D eigenvalue weighted by Crippen LogP contribution is 2.31. The smallest absolute Gasteiger partial charge is 0.258 e. The van der Waals surface area contributed by atoms with Crippen molar-refractivity contribution in [2.45, 2.75) is 30.8 Å². The Hall–Kier alpha value is -0.980. The van der Waals surface area contributed by atoms with Crippen LogP contribution in [-0.4, -0.2) is 19.9 Å². The van der Waals surface area contributed by atoms with E-state index in [0.717, 1.165) is 12.0 Å². The number of rotatable bonds is 6. The minimum Gasteiger partial charge on any atom is -0.326 e. The molecule has 0 aliphatic heterocycles. The Labute approximate surface area is 101 Å². The van der Waals surface area contributed by atoms with Gasteiger partial charge < -0.3 is 5.73 Å². The number of aromatic nitrogens is 1. The Morgan fingerprint density at radius 1 is 1.41 bits per heavy atom. The highest BCUT2D eigenvalue weighted by Gasteiger charge is 2.22. The third kappa shape index (κ3) is 3.49. The van der Waals surface area contributed by atoms with Crippen LogP contribution in [0.15, 0.2) is 23.4 Å². The molecule has 94 valence electrons. The Balaban J connectivity index is 1.96. The Kier molecular flexibility index (Phi) is 3.76. The monoisotopic (exact) mass is 255 g/mol. The van der Waals surface area contributed by atoms with Crippen molar-refractivity contribution in [1.29, 1.82) is 0 Å². The summed E-state index contributed by atoms with van der Waals surface area (Å²) in [5, 5.41) is 0.0606. The molecule has 0 amide bonds. The van der Waals surface area contributed by atoms with E-state index in [4.69, 9.17) is 5.73 Å². The first-order chi connectivity index (χ1) is 8.12. The zero-order valence-corrected chi connectivity index (χ0v) is 10.4. The van der Waals surface area contributed by atoms with Crippen LogP contribution in [0.2, 0.25) is 0 Å². The summed E-state index contributed by atoms with van der Waals surface area (Å²) in [6.07, 6.45) is 4.87. The molecule has 17 heavy (non-hydrogen) atoms. The van der Waals surface area contributed by atoms with E-state index in [2.05, 4.69) is 9.71 Å². The zero-order valence-electron chi connectivity index (χ0n) is 9.59. The van der Waals surface area contributed by atoms with Gasteiger partial charge in [0.15, 0.2) is 5.03 Å². The maximum Gasteiger partial charge on any atom is 0.258 e. The molecule has 1 aromatic heterocycles. The average molecular weight is 255 g/mol. The van der Waals surface area contributed by atoms with Crippen molar-refractivity contribution in [3.8, 4) is 0 Å². The lowest BCUT2D eigenvalue weighted by molar-refractivity contribution is 0.571. The van der Waals surface area contributed by atoms with Crippen molar-refractivity contribution in [1.82, 2.24) is 9.71 Å². The normalized spacial score (nSPS) is 16.1. The fourth-order valence-electron chi connectivity index (χ4n) is 1.57. The quantitative estimate of drug-likeness (QED) is 0.780. The standard InChI is InChI=1S/C11H17N3O2S/c12-7-10-3-4-11(13-8-10)17(15,16)14-6-5-9-1-2-9/h3-4,8-9,14H,1-2,5-7,12H2. The summed E-state index contributed by atoms with van der Waals surface area (Å²) in [7, 11) is -3.46. The van der Waals surface area contributed by atoms with Gasteiger partial charge in [-0.2, -0.15) is 0 Å². The largest absolute Gasteiger partial charge is 0.326 e. The van der Waals surface area contributed by atoms with Gasteiger partial charge in [0.2, 0.25) is 0 Å². The first-order valence-electron chi connectivity index (χ1n) is 5.76. The maximum absolute atomic E-state index is 11.8. The minimum atomic E-state index is -3.46. The maximum atomic E-state index is 11.8. The van der Waals surface area contributed by atoms with Crippen molar-refractivity contribution in [2.24, 2.45) is 11.7 Å². The lowest BCUT2D eigenvalue weighted by Crippen LogP contribution is -2.26. The van der Waals surface area contributed by atoms with E-state index in [9.17, 15) is 8.42 Å². The van der Waals surface area contributed by atoms with Crippen molar-refractivity contribution in [3.63, 3.8) is 0 Å². The van der Waals surface area contributed by atoms with E-state index in [1.165, 1.54) is 25.1 Å². The van der Waals surface area contributed by atoms with Crippen LogP contribution in [0.4, 0.5) is 0 Å². The van der Waals surface area contributed by atoms with Gasteiger partial charge >= 0.3 is 0 Å². The number of hydrogen-bond donors (Lipinski definition) is 2. The summed E-state index contributed by atoms with van der Waals surface area (Å²) in [5.41, 5.74) is 6.25. The van der Waals surface area contributed by atoms with Crippen molar-refractivity contribution < 1.29 is 8.42 Å². The minimum absolute atomic E-state index is 0.0606. The van der Waals surface area contributed by atoms with Crippen LogP contribution >= 0.6 is 0 Å². The van der Waals surface area contributed by atoms with Crippen LogP contribution in [-0.2, 0) is 16.6 Å². The van der Waals surface area contributed by atoms with Crippen LogP contribution in [0.1, 0.15) is 24.8 Å². The predicted octanol–water partition coefficient (Wildman–Crippen LogP) is 0.619. The predicted molar refractivity (Wildman–Crippen MR) is 64.7 cm³/mol. The molecule has 0 atom stereocenters. The van der Waals surface area contributed by atoms with Crippen LogP contribution in [0.3, 0.4) is 0 Å². The van der Waals surface area contributed by atoms with Gasteiger partial charge in [-0.25, -0.2) is 18.1 Å². The molecule has 6 heteroatoms. The molecule has 5 nitrogen and oxygen atoms in total. The molecular weight excluding hydrogens is 238 g/mol. The molecule has 0 bridgehead atoms. The second kappa shape index (κ2) is 5.12. The van der Waals surface area contributed by atoms with Gasteiger partial charge in [0.1, 0.15) is 0 Å². The van der Waals surface area contributed by atoms with Gasteiger partial charge in [0, 0.05) is 19.3 Å². The highest BCUT2D eigenvalue weighted by molar-refractivity contribution is 7.89. The molecule has 1 aliphatic carbocycles. The van der Waals surface area contributed by atoms with E-state index in [0.29, 0.717) is 19.0 Å². The molecule has 3 N–H and O–H groups in total. The summed E-state index contributed by atoms with van der Waals surface area (Å²) < 4.78 is 26.2. The lowest BCUT2D eigenvalue weighted by Gasteiger charge is -2.05. The van der Waals surface area contributed by atoms with E-state index in [-0.39, 0.29) is 5.03 Å². The first kappa shape index (κ1) is 12.5. The zero-order chi connectivity index (χ0) is 12.3. The van der Waals surface area contributed by atoms with Crippen LogP contribution < -0.4 is 10.5 Å². The van der Waals surface area contributed by atoms with Gasteiger partial charge in [0.05, 0.1) is 0 Å². The van der Waals surface area contributed by atoms with E-state index < -0.39 is 10.0 Å². The summed E-state index contributed by atoms with van der Waals surface area (Å²) in [5.74, 6) is 0.713. The summed E-state index contributed by atoms with van der Waals surface area (Å²) >= 11 is 0. The molecule has 1 fully saturated rings. The fourth-order valence-corrected chi connectivity index (χ4v) is 2.54. The number of pyridine rings is 1. The van der Waals surface area contributed by atoms with Gasteiger partial charge in [0.25, 0.3) is 10.0 Å². The summed E-state index contributed by atoms with van der Waals surface area (Å²) in [6.45, 7) is 0.857. The van der Waals surface area contributed by atoms with Crippen molar-refractivity contribution in [2.75, 3.05) is 6.54 Å². The molecule has 0 radical (unpaired) electrons. The Morgan fingerprint density at radius 2 is 2.18 bits per heavy atom. The lowest BCUT2D eigenvalue weighted by atomic mass is 10.3. The summed E-state index contributed by atoms with van der Waals surface area (Å²) in [6, 6.07) is 3.17. The second-order valence-corrected chi connectivity index (χ2v) is 6.05. The van der Waals surface area contributed by atoms with Crippen LogP contribution in [0, 0.1) is 5.92 Å². The molecule has 1 aliphatic rings.